The van der Waals surface area contributed by atoms with E-state index < -0.39 is 0 Å². The normalized spacial score (nSPS) is 14.9. The Bertz CT molecular complexity index is 272. The molecule has 0 nitrogen and oxygen atoms in total. The Balaban J connectivity index is -0.000000137. The van der Waals surface area contributed by atoms with Crippen molar-refractivity contribution in [2.45, 2.75) is 148 Å². The molecule has 0 aliphatic heterocycles. The summed E-state index contributed by atoms with van der Waals surface area (Å²) in [5.41, 5.74) is 1.00. The van der Waals surface area contributed by atoms with Crippen molar-refractivity contribution < 1.29 is 0 Å². The van der Waals surface area contributed by atoms with Gasteiger partial charge in [-0.3, -0.25) is 0 Å². The first-order chi connectivity index (χ1) is 13.5. The van der Waals surface area contributed by atoms with Crippen LogP contribution in [0.5, 0.6) is 0 Å². The van der Waals surface area contributed by atoms with E-state index in [9.17, 15) is 0 Å². The zero-order valence-corrected chi connectivity index (χ0v) is 24.1. The molecule has 0 aromatic rings. The maximum Gasteiger partial charge on any atom is -0.0351 e. The molecule has 2 rings (SSSR count). The fourth-order valence-electron chi connectivity index (χ4n) is 1.52. The second-order valence-corrected chi connectivity index (χ2v) is 13.0. The number of allylic oxidation sites excluding steroid dienone is 4. The first-order valence-electron chi connectivity index (χ1n) is 12.8. The highest BCUT2D eigenvalue weighted by atomic mass is 14.0. The molecule has 0 heteroatoms. The topological polar surface area (TPSA) is 0 Å². The minimum Gasteiger partial charge on any atom is -0.0885 e. The van der Waals surface area contributed by atoms with Crippen molar-refractivity contribution in [2.24, 2.45) is 22.7 Å². The first kappa shape index (κ1) is 36.8. The molecule has 2 aliphatic carbocycles. The average Bonchev–Trinajstić information content (AvgIpc) is 2.54. The summed E-state index contributed by atoms with van der Waals surface area (Å²) < 4.78 is 0. The van der Waals surface area contributed by atoms with Gasteiger partial charge in [-0.05, 0) is 74.0 Å². The summed E-state index contributed by atoms with van der Waals surface area (Å²) in [6.45, 7) is 30.5. The molecule has 0 saturated carbocycles. The van der Waals surface area contributed by atoms with Gasteiger partial charge in [0.05, 0.1) is 0 Å². The van der Waals surface area contributed by atoms with Crippen molar-refractivity contribution in [3.8, 4) is 0 Å². The van der Waals surface area contributed by atoms with Gasteiger partial charge in [0.2, 0.25) is 0 Å². The predicted octanol–water partition coefficient (Wildman–Crippen LogP) is 11.7. The summed E-state index contributed by atoms with van der Waals surface area (Å²) in [5.74, 6) is 1.67. The second-order valence-electron chi connectivity index (χ2n) is 13.0. The van der Waals surface area contributed by atoms with E-state index in [4.69, 9.17) is 0 Å². The van der Waals surface area contributed by atoms with Gasteiger partial charge in [-0.2, -0.15) is 0 Å². The van der Waals surface area contributed by atoms with Crippen LogP contribution in [0, 0.1) is 22.7 Å². The molecule has 0 amide bonds. The lowest BCUT2D eigenvalue weighted by molar-refractivity contribution is 0.469. The molecular formula is C30H64. The van der Waals surface area contributed by atoms with E-state index in [2.05, 4.69) is 121 Å². The van der Waals surface area contributed by atoms with E-state index in [1.807, 2.05) is 0 Å². The van der Waals surface area contributed by atoms with E-state index in [0.717, 1.165) is 11.8 Å². The molecule has 0 aromatic heterocycles. The Kier molecular flexibility index (Phi) is 30.4. The van der Waals surface area contributed by atoms with Crippen LogP contribution in [0.1, 0.15) is 148 Å². The lowest BCUT2D eigenvalue weighted by Crippen LogP contribution is -1.93. The smallest absolute Gasteiger partial charge is 0.0351 e. The van der Waals surface area contributed by atoms with Crippen molar-refractivity contribution >= 4 is 0 Å². The molecule has 2 aliphatic rings. The number of hydrogen-bond acceptors (Lipinski definition) is 0. The number of rotatable bonds is 0. The minimum atomic E-state index is 0.500. The van der Waals surface area contributed by atoms with Crippen molar-refractivity contribution in [1.82, 2.24) is 0 Å². The highest BCUT2D eigenvalue weighted by molar-refractivity contribution is 4.85. The molecule has 0 aromatic carbocycles. The van der Waals surface area contributed by atoms with E-state index >= 15 is 0 Å². The van der Waals surface area contributed by atoms with Gasteiger partial charge in [-0.15, -0.1) is 0 Å². The van der Waals surface area contributed by atoms with Crippen molar-refractivity contribution in [3.63, 3.8) is 0 Å². The maximum absolute atomic E-state index is 2.27. The Labute approximate surface area is 195 Å². The first-order valence-corrected chi connectivity index (χ1v) is 12.8. The Morgan fingerprint density at radius 3 is 0.533 bits per heavy atom. The van der Waals surface area contributed by atoms with Gasteiger partial charge in [-0.1, -0.05) is 121 Å². The zero-order chi connectivity index (χ0) is 24.6. The summed E-state index contributed by atoms with van der Waals surface area (Å²) >= 11 is 0. The third kappa shape index (κ3) is 146. The third-order valence-corrected chi connectivity index (χ3v) is 2.32. The fraction of sp³-hybridized carbons (Fsp3) is 0.867. The zero-order valence-electron chi connectivity index (χ0n) is 24.1. The SMILES string of the molecule is C1=CCCCC1.C1=CCCCC1.CC(C)(C)C.CC(C)(C)C.CC(C)C.CC(C)C. The van der Waals surface area contributed by atoms with Crippen LogP contribution in [0.4, 0.5) is 0 Å². The Morgan fingerprint density at radius 1 is 0.400 bits per heavy atom. The lowest BCUT2D eigenvalue weighted by Gasteiger charge is -2.05. The molecule has 0 saturated heterocycles. The average molecular weight is 425 g/mol. The third-order valence-electron chi connectivity index (χ3n) is 2.32. The number of hydrogen-bond donors (Lipinski definition) is 0. The summed E-state index contributed by atoms with van der Waals surface area (Å²) in [7, 11) is 0. The predicted molar refractivity (Wildman–Crippen MR) is 146 cm³/mol. The van der Waals surface area contributed by atoms with Crippen molar-refractivity contribution in [2.75, 3.05) is 0 Å². The van der Waals surface area contributed by atoms with Gasteiger partial charge >= 0.3 is 0 Å². The van der Waals surface area contributed by atoms with Crippen LogP contribution in [0.15, 0.2) is 24.3 Å². The lowest BCUT2D eigenvalue weighted by atomic mass is 10.0. The van der Waals surface area contributed by atoms with E-state index in [-0.39, 0.29) is 0 Å². The molecule has 0 radical (unpaired) electrons. The molecule has 0 atom stereocenters. The van der Waals surface area contributed by atoms with Gasteiger partial charge in [0.15, 0.2) is 0 Å². The standard InChI is InChI=1S/2C6H10.2C5H12.2C4H10/c2*1-2-4-6-5-3-1;2*1-5(2,3)4;2*1-4(2)3/h2*1-2H,3-6H2;2*1-4H3;2*4H,1-3H3. The minimum absolute atomic E-state index is 0.500. The molecule has 30 heavy (non-hydrogen) atoms. The summed E-state index contributed by atoms with van der Waals surface area (Å²) in [6.07, 6.45) is 20.0. The van der Waals surface area contributed by atoms with Crippen LogP contribution < -0.4 is 0 Å². The molecule has 184 valence electrons. The van der Waals surface area contributed by atoms with Gasteiger partial charge in [0.25, 0.3) is 0 Å². The highest BCUT2D eigenvalue weighted by Crippen LogP contribution is 2.09. The van der Waals surface area contributed by atoms with Crippen LogP contribution in [-0.2, 0) is 0 Å². The van der Waals surface area contributed by atoms with Gasteiger partial charge in [0.1, 0.15) is 0 Å². The second kappa shape index (κ2) is 24.7. The van der Waals surface area contributed by atoms with Crippen molar-refractivity contribution in [1.29, 1.82) is 0 Å². The van der Waals surface area contributed by atoms with Gasteiger partial charge in [0, 0.05) is 0 Å². The van der Waals surface area contributed by atoms with Crippen molar-refractivity contribution in [3.05, 3.63) is 24.3 Å². The molecule has 0 fully saturated rings. The maximum atomic E-state index is 2.27. The van der Waals surface area contributed by atoms with Crippen LogP contribution in [0.3, 0.4) is 0 Å². The summed E-state index contributed by atoms with van der Waals surface area (Å²) in [6, 6.07) is 0. The van der Waals surface area contributed by atoms with E-state index in [1.165, 1.54) is 51.4 Å². The molecule has 0 N–H and O–H groups in total. The van der Waals surface area contributed by atoms with Crippen LogP contribution in [0.2, 0.25) is 0 Å². The molecule has 0 spiro atoms. The Hall–Kier alpha value is -0.520. The van der Waals surface area contributed by atoms with Crippen LogP contribution >= 0.6 is 0 Å². The molecule has 0 heterocycles. The summed E-state index contributed by atoms with van der Waals surface area (Å²) in [5, 5.41) is 0. The largest absolute Gasteiger partial charge is 0.0885 e. The van der Waals surface area contributed by atoms with Gasteiger partial charge in [-0.25, -0.2) is 0 Å². The van der Waals surface area contributed by atoms with Crippen LogP contribution in [-0.4, -0.2) is 0 Å². The highest BCUT2D eigenvalue weighted by Gasteiger charge is 1.96. The van der Waals surface area contributed by atoms with Crippen LogP contribution in [0.25, 0.3) is 0 Å². The summed E-state index contributed by atoms with van der Waals surface area (Å²) in [4.78, 5) is 0. The van der Waals surface area contributed by atoms with E-state index in [1.54, 1.807) is 0 Å². The molecule has 0 unspecified atom stereocenters. The van der Waals surface area contributed by atoms with E-state index in [0.29, 0.717) is 10.8 Å². The van der Waals surface area contributed by atoms with Gasteiger partial charge < -0.3 is 0 Å². The quantitative estimate of drug-likeness (QED) is 0.339. The fourth-order valence-corrected chi connectivity index (χ4v) is 1.52. The monoisotopic (exact) mass is 425 g/mol. The molecular weight excluding hydrogens is 360 g/mol. The Morgan fingerprint density at radius 2 is 0.500 bits per heavy atom. The molecule has 0 bridgehead atoms.